The second-order valence-electron chi connectivity index (χ2n) is 10.8. The number of amides is 1. The molecule has 0 spiro atoms. The molecule has 3 heterocycles. The maximum Gasteiger partial charge on any atom is 0.498 e. The molecule has 2 aliphatic rings. The monoisotopic (exact) mass is 481 g/mol. The van der Waals surface area contributed by atoms with Gasteiger partial charge < -0.3 is 18.9 Å². The van der Waals surface area contributed by atoms with Crippen molar-refractivity contribution in [2.75, 3.05) is 12.3 Å². The molecule has 9 nitrogen and oxygen atoms in total. The number of likely N-dealkylation sites (tertiary alicyclic amines) is 1. The van der Waals surface area contributed by atoms with Crippen molar-refractivity contribution in [1.82, 2.24) is 14.9 Å². The van der Waals surface area contributed by atoms with Crippen LogP contribution in [0.25, 0.3) is 0 Å². The van der Waals surface area contributed by atoms with Gasteiger partial charge in [-0.15, -0.1) is 0 Å². The topological polar surface area (TPSA) is 108 Å². The smallest absolute Gasteiger partial charge is 0.444 e. The standard InChI is InChI=1S/C22H36BN3O6S/c1-20(2,3)30-19(27)26-12-9-8-10-17(26)11-13-33(28,29)18-24-14-16(15-25-18)23-31-21(4,5)22(6,7)32-23/h14-15,17H,8-13H2,1-7H3. The number of sulfone groups is 1. The number of rotatable bonds is 5. The molecule has 0 bridgehead atoms. The van der Waals surface area contributed by atoms with Gasteiger partial charge >= 0.3 is 13.2 Å². The predicted molar refractivity (Wildman–Crippen MR) is 125 cm³/mol. The summed E-state index contributed by atoms with van der Waals surface area (Å²) in [4.78, 5) is 22.4. The Morgan fingerprint density at radius 1 is 1.15 bits per heavy atom. The predicted octanol–water partition coefficient (Wildman–Crippen LogP) is 2.73. The first-order valence-corrected chi connectivity index (χ1v) is 13.2. The molecule has 1 aromatic rings. The molecule has 0 aromatic carbocycles. The van der Waals surface area contributed by atoms with E-state index in [0.29, 0.717) is 18.4 Å². The van der Waals surface area contributed by atoms with Gasteiger partial charge in [0.15, 0.2) is 0 Å². The van der Waals surface area contributed by atoms with Gasteiger partial charge in [-0.05, 0) is 74.1 Å². The minimum atomic E-state index is -3.71. The van der Waals surface area contributed by atoms with E-state index >= 15 is 0 Å². The second kappa shape index (κ2) is 9.15. The van der Waals surface area contributed by atoms with E-state index in [1.807, 2.05) is 48.5 Å². The zero-order chi connectivity index (χ0) is 24.7. The molecular weight excluding hydrogens is 445 g/mol. The van der Waals surface area contributed by atoms with Crippen molar-refractivity contribution in [3.8, 4) is 0 Å². The Morgan fingerprint density at radius 3 is 2.27 bits per heavy atom. The first-order chi connectivity index (χ1) is 15.1. The molecular formula is C22H36BN3O6S. The molecule has 1 aromatic heterocycles. The molecule has 1 amide bonds. The van der Waals surface area contributed by atoms with Crippen LogP contribution in [0.5, 0.6) is 0 Å². The number of hydrogen-bond donors (Lipinski definition) is 0. The Morgan fingerprint density at radius 2 is 1.73 bits per heavy atom. The van der Waals surface area contributed by atoms with Gasteiger partial charge in [-0.3, -0.25) is 0 Å². The number of aromatic nitrogens is 2. The summed E-state index contributed by atoms with van der Waals surface area (Å²) in [5.41, 5.74) is -1.06. The molecule has 33 heavy (non-hydrogen) atoms. The van der Waals surface area contributed by atoms with Crippen molar-refractivity contribution < 1.29 is 27.3 Å². The summed E-state index contributed by atoms with van der Waals surface area (Å²) in [6, 6.07) is -0.188. The van der Waals surface area contributed by atoms with E-state index in [0.717, 1.165) is 19.3 Å². The van der Waals surface area contributed by atoms with Crippen LogP contribution in [-0.2, 0) is 23.9 Å². The molecule has 2 aliphatic heterocycles. The van der Waals surface area contributed by atoms with Gasteiger partial charge in [-0.25, -0.2) is 23.2 Å². The summed E-state index contributed by atoms with van der Waals surface area (Å²) in [6.07, 6.45) is 5.37. The maximum absolute atomic E-state index is 12.9. The molecule has 0 N–H and O–H groups in total. The highest BCUT2D eigenvalue weighted by atomic mass is 32.2. The summed E-state index contributed by atoms with van der Waals surface area (Å²) in [7, 11) is -4.37. The van der Waals surface area contributed by atoms with Crippen LogP contribution in [0.1, 0.15) is 74.1 Å². The van der Waals surface area contributed by atoms with Gasteiger partial charge in [-0.2, -0.15) is 0 Å². The fourth-order valence-electron chi connectivity index (χ4n) is 3.83. The van der Waals surface area contributed by atoms with E-state index in [1.165, 1.54) is 12.4 Å². The number of nitrogens with zero attached hydrogens (tertiary/aromatic N) is 3. The van der Waals surface area contributed by atoms with Crippen LogP contribution in [0.4, 0.5) is 4.79 Å². The minimum Gasteiger partial charge on any atom is -0.444 e. The summed E-state index contributed by atoms with van der Waals surface area (Å²) in [5, 5.41) is -0.234. The molecule has 2 saturated heterocycles. The lowest BCUT2D eigenvalue weighted by atomic mass is 9.81. The normalized spacial score (nSPS) is 22.9. The van der Waals surface area contributed by atoms with Gasteiger partial charge in [-0.1, -0.05) is 0 Å². The van der Waals surface area contributed by atoms with Crippen LogP contribution in [0.3, 0.4) is 0 Å². The third-order valence-electron chi connectivity index (χ3n) is 6.43. The van der Waals surface area contributed by atoms with E-state index in [-0.39, 0.29) is 17.0 Å². The highest BCUT2D eigenvalue weighted by Gasteiger charge is 2.52. The van der Waals surface area contributed by atoms with Crippen molar-refractivity contribution in [3.63, 3.8) is 0 Å². The molecule has 1 unspecified atom stereocenters. The van der Waals surface area contributed by atoms with Gasteiger partial charge in [0.05, 0.1) is 17.0 Å². The minimum absolute atomic E-state index is 0.146. The molecule has 0 saturated carbocycles. The number of carbonyl (C=O) groups excluding carboxylic acids is 1. The molecule has 0 aliphatic carbocycles. The average Bonchev–Trinajstić information content (AvgIpc) is 2.93. The lowest BCUT2D eigenvalue weighted by Gasteiger charge is -2.36. The van der Waals surface area contributed by atoms with Crippen LogP contribution in [0.15, 0.2) is 17.6 Å². The summed E-state index contributed by atoms with van der Waals surface area (Å²) < 4.78 is 43.2. The Balaban J connectivity index is 1.65. The Hall–Kier alpha value is -1.72. The Kier molecular flexibility index (Phi) is 7.18. The number of carbonyl (C=O) groups is 1. The highest BCUT2D eigenvalue weighted by Crippen LogP contribution is 2.36. The SMILES string of the molecule is CC(C)(C)OC(=O)N1CCCCC1CCS(=O)(=O)c1ncc(B2OC(C)(C)C(C)(C)O2)cn1. The summed E-state index contributed by atoms with van der Waals surface area (Å²) in [5.74, 6) is -0.146. The van der Waals surface area contributed by atoms with Crippen LogP contribution in [0.2, 0.25) is 0 Å². The third kappa shape index (κ3) is 6.05. The van der Waals surface area contributed by atoms with Crippen molar-refractivity contribution in [1.29, 1.82) is 0 Å². The highest BCUT2D eigenvalue weighted by molar-refractivity contribution is 7.91. The van der Waals surface area contributed by atoms with E-state index < -0.39 is 39.9 Å². The lowest BCUT2D eigenvalue weighted by Crippen LogP contribution is -2.46. The zero-order valence-corrected chi connectivity index (χ0v) is 21.6. The Bertz CT molecular complexity index is 943. The van der Waals surface area contributed by atoms with Gasteiger partial charge in [0, 0.05) is 30.4 Å². The molecule has 2 fully saturated rings. The number of piperidine rings is 1. The van der Waals surface area contributed by atoms with Gasteiger partial charge in [0.2, 0.25) is 15.0 Å². The summed E-state index contributed by atoms with van der Waals surface area (Å²) in [6.45, 7) is 13.8. The van der Waals surface area contributed by atoms with Gasteiger partial charge in [0.25, 0.3) is 0 Å². The molecule has 184 valence electrons. The van der Waals surface area contributed by atoms with E-state index in [4.69, 9.17) is 14.0 Å². The molecule has 0 radical (unpaired) electrons. The van der Waals surface area contributed by atoms with E-state index in [2.05, 4.69) is 9.97 Å². The Labute approximate surface area is 197 Å². The quantitative estimate of drug-likeness (QED) is 0.467. The van der Waals surface area contributed by atoms with Crippen molar-refractivity contribution in [3.05, 3.63) is 12.4 Å². The van der Waals surface area contributed by atoms with Gasteiger partial charge in [0.1, 0.15) is 5.60 Å². The fourth-order valence-corrected chi connectivity index (χ4v) is 5.02. The van der Waals surface area contributed by atoms with E-state index in [9.17, 15) is 13.2 Å². The zero-order valence-electron chi connectivity index (χ0n) is 20.8. The fraction of sp³-hybridized carbons (Fsp3) is 0.773. The summed E-state index contributed by atoms with van der Waals surface area (Å²) >= 11 is 0. The second-order valence-corrected chi connectivity index (χ2v) is 12.8. The molecule has 3 rings (SSSR count). The van der Waals surface area contributed by atoms with Crippen LogP contribution < -0.4 is 5.46 Å². The third-order valence-corrected chi connectivity index (χ3v) is 7.97. The number of hydrogen-bond acceptors (Lipinski definition) is 8. The number of ether oxygens (including phenoxy) is 1. The van der Waals surface area contributed by atoms with Crippen LogP contribution in [0, 0.1) is 0 Å². The van der Waals surface area contributed by atoms with Crippen molar-refractivity contribution >= 4 is 28.5 Å². The van der Waals surface area contributed by atoms with Crippen LogP contribution >= 0.6 is 0 Å². The van der Waals surface area contributed by atoms with Crippen LogP contribution in [-0.4, -0.2) is 71.6 Å². The molecule has 1 atom stereocenters. The molecule has 11 heteroatoms. The largest absolute Gasteiger partial charge is 0.498 e. The average molecular weight is 481 g/mol. The first kappa shape index (κ1) is 25.9. The van der Waals surface area contributed by atoms with E-state index in [1.54, 1.807) is 4.90 Å². The first-order valence-electron chi connectivity index (χ1n) is 11.5. The maximum atomic E-state index is 12.9. The lowest BCUT2D eigenvalue weighted by molar-refractivity contribution is 0.00578. The van der Waals surface area contributed by atoms with Crippen molar-refractivity contribution in [2.45, 2.75) is 102 Å². The van der Waals surface area contributed by atoms with Crippen molar-refractivity contribution in [2.24, 2.45) is 0 Å².